The predicted molar refractivity (Wildman–Crippen MR) is 72.1 cm³/mol. The SMILES string of the molecule is NCc1cnc(Nc2ccc3c(c2)CC(=O)N3)s1. The molecule has 4 N–H and O–H groups in total. The Balaban J connectivity index is 1.81. The molecule has 0 radical (unpaired) electrons. The molecule has 6 heteroatoms. The van der Waals surface area contributed by atoms with Gasteiger partial charge in [0.15, 0.2) is 5.13 Å². The van der Waals surface area contributed by atoms with Gasteiger partial charge in [-0.05, 0) is 23.8 Å². The van der Waals surface area contributed by atoms with E-state index in [1.54, 1.807) is 6.20 Å². The van der Waals surface area contributed by atoms with E-state index in [1.807, 2.05) is 18.2 Å². The van der Waals surface area contributed by atoms with Crippen LogP contribution in [0, 0.1) is 0 Å². The molecule has 0 saturated carbocycles. The van der Waals surface area contributed by atoms with Gasteiger partial charge in [0, 0.05) is 29.0 Å². The Bertz CT molecular complexity index is 608. The molecule has 1 aromatic carbocycles. The van der Waals surface area contributed by atoms with Crippen LogP contribution in [-0.4, -0.2) is 10.9 Å². The van der Waals surface area contributed by atoms with Gasteiger partial charge >= 0.3 is 0 Å². The maximum atomic E-state index is 11.3. The Labute approximate surface area is 108 Å². The van der Waals surface area contributed by atoms with Gasteiger partial charge < -0.3 is 16.4 Å². The molecule has 1 aliphatic rings. The minimum atomic E-state index is 0.0433. The van der Waals surface area contributed by atoms with Crippen molar-refractivity contribution in [3.05, 3.63) is 34.8 Å². The average molecular weight is 260 g/mol. The standard InChI is InChI=1S/C12H12N4OS/c13-5-9-6-14-12(18-9)15-8-1-2-10-7(3-8)4-11(17)16-10/h1-3,6H,4-5,13H2,(H,14,15)(H,16,17). The van der Waals surface area contributed by atoms with Crippen LogP contribution in [0.2, 0.25) is 0 Å². The molecule has 0 atom stereocenters. The van der Waals surface area contributed by atoms with Crippen molar-refractivity contribution in [2.45, 2.75) is 13.0 Å². The largest absolute Gasteiger partial charge is 0.332 e. The van der Waals surface area contributed by atoms with E-state index >= 15 is 0 Å². The molecule has 0 fully saturated rings. The summed E-state index contributed by atoms with van der Waals surface area (Å²) in [4.78, 5) is 16.5. The molecular formula is C12H12N4OS. The maximum Gasteiger partial charge on any atom is 0.228 e. The van der Waals surface area contributed by atoms with Crippen LogP contribution >= 0.6 is 11.3 Å². The summed E-state index contributed by atoms with van der Waals surface area (Å²) in [5, 5.41) is 6.83. The van der Waals surface area contributed by atoms with E-state index in [1.165, 1.54) is 11.3 Å². The Hall–Kier alpha value is -1.92. The monoisotopic (exact) mass is 260 g/mol. The van der Waals surface area contributed by atoms with Crippen molar-refractivity contribution >= 4 is 33.8 Å². The molecule has 92 valence electrons. The van der Waals surface area contributed by atoms with E-state index in [4.69, 9.17) is 5.73 Å². The summed E-state index contributed by atoms with van der Waals surface area (Å²) >= 11 is 1.53. The maximum absolute atomic E-state index is 11.3. The Kier molecular flexibility index (Phi) is 2.73. The zero-order valence-corrected chi connectivity index (χ0v) is 10.4. The van der Waals surface area contributed by atoms with E-state index < -0.39 is 0 Å². The van der Waals surface area contributed by atoms with E-state index in [0.717, 1.165) is 26.9 Å². The Morgan fingerprint density at radius 3 is 3.17 bits per heavy atom. The van der Waals surface area contributed by atoms with Gasteiger partial charge in [0.2, 0.25) is 5.91 Å². The number of carbonyl (C=O) groups is 1. The zero-order chi connectivity index (χ0) is 12.5. The second-order valence-corrected chi connectivity index (χ2v) is 5.17. The molecule has 1 amide bonds. The fourth-order valence-electron chi connectivity index (χ4n) is 1.89. The summed E-state index contributed by atoms with van der Waals surface area (Å²) in [6.07, 6.45) is 2.21. The third-order valence-corrected chi connectivity index (χ3v) is 3.67. The smallest absolute Gasteiger partial charge is 0.228 e. The molecular weight excluding hydrogens is 248 g/mol. The molecule has 0 saturated heterocycles. The minimum absolute atomic E-state index is 0.0433. The van der Waals surface area contributed by atoms with Gasteiger partial charge in [-0.2, -0.15) is 0 Å². The van der Waals surface area contributed by atoms with Gasteiger partial charge in [0.25, 0.3) is 0 Å². The fraction of sp³-hybridized carbons (Fsp3) is 0.167. The summed E-state index contributed by atoms with van der Waals surface area (Å²) in [7, 11) is 0. The van der Waals surface area contributed by atoms with Crippen molar-refractivity contribution in [2.75, 3.05) is 10.6 Å². The average Bonchev–Trinajstić information content (AvgIpc) is 2.94. The zero-order valence-electron chi connectivity index (χ0n) is 9.56. The number of fused-ring (bicyclic) bond motifs is 1. The first-order valence-corrected chi connectivity index (χ1v) is 6.41. The van der Waals surface area contributed by atoms with Crippen LogP contribution in [-0.2, 0) is 17.8 Å². The van der Waals surface area contributed by atoms with Crippen molar-refractivity contribution in [2.24, 2.45) is 5.73 Å². The van der Waals surface area contributed by atoms with Crippen molar-refractivity contribution in [3.8, 4) is 0 Å². The molecule has 5 nitrogen and oxygen atoms in total. The fourth-order valence-corrected chi connectivity index (χ4v) is 2.60. The lowest BCUT2D eigenvalue weighted by molar-refractivity contribution is -0.115. The molecule has 2 aromatic rings. The second kappa shape index (κ2) is 4.40. The van der Waals surface area contributed by atoms with Gasteiger partial charge in [0.05, 0.1) is 6.42 Å². The molecule has 0 aliphatic carbocycles. The van der Waals surface area contributed by atoms with Gasteiger partial charge in [-0.3, -0.25) is 4.79 Å². The number of carbonyl (C=O) groups excluding carboxylic acids is 1. The van der Waals surface area contributed by atoms with Crippen molar-refractivity contribution in [1.29, 1.82) is 0 Å². The quantitative estimate of drug-likeness (QED) is 0.786. The topological polar surface area (TPSA) is 80.0 Å². The van der Waals surface area contributed by atoms with E-state index in [2.05, 4.69) is 15.6 Å². The lowest BCUT2D eigenvalue weighted by Crippen LogP contribution is -2.03. The number of hydrogen-bond donors (Lipinski definition) is 3. The first-order valence-electron chi connectivity index (χ1n) is 5.59. The molecule has 3 rings (SSSR count). The summed E-state index contributed by atoms with van der Waals surface area (Å²) < 4.78 is 0. The molecule has 1 aliphatic heterocycles. The highest BCUT2D eigenvalue weighted by Gasteiger charge is 2.17. The highest BCUT2D eigenvalue weighted by atomic mass is 32.1. The van der Waals surface area contributed by atoms with Crippen molar-refractivity contribution < 1.29 is 4.79 Å². The van der Waals surface area contributed by atoms with Crippen LogP contribution in [0.15, 0.2) is 24.4 Å². The van der Waals surface area contributed by atoms with Gasteiger partial charge in [-0.25, -0.2) is 4.98 Å². The van der Waals surface area contributed by atoms with Crippen LogP contribution in [0.25, 0.3) is 0 Å². The van der Waals surface area contributed by atoms with Crippen molar-refractivity contribution in [1.82, 2.24) is 4.98 Å². The molecule has 2 heterocycles. The summed E-state index contributed by atoms with van der Waals surface area (Å²) in [5.41, 5.74) is 8.39. The normalized spacial score (nSPS) is 13.3. The number of nitrogens with one attached hydrogen (secondary N) is 2. The van der Waals surface area contributed by atoms with Crippen LogP contribution in [0.3, 0.4) is 0 Å². The molecule has 0 bridgehead atoms. The van der Waals surface area contributed by atoms with Crippen LogP contribution in [0.1, 0.15) is 10.4 Å². The number of thiazole rings is 1. The Morgan fingerprint density at radius 2 is 2.39 bits per heavy atom. The number of nitrogens with two attached hydrogens (primary N) is 1. The number of hydrogen-bond acceptors (Lipinski definition) is 5. The van der Waals surface area contributed by atoms with Crippen LogP contribution in [0.4, 0.5) is 16.5 Å². The summed E-state index contributed by atoms with van der Waals surface area (Å²) in [6, 6.07) is 5.80. The predicted octanol–water partition coefficient (Wildman–Crippen LogP) is 1.84. The Morgan fingerprint density at radius 1 is 1.50 bits per heavy atom. The third kappa shape index (κ3) is 2.07. The highest BCUT2D eigenvalue weighted by Crippen LogP contribution is 2.28. The number of aromatic nitrogens is 1. The van der Waals surface area contributed by atoms with E-state index in [-0.39, 0.29) is 5.91 Å². The van der Waals surface area contributed by atoms with Crippen molar-refractivity contribution in [3.63, 3.8) is 0 Å². The summed E-state index contributed by atoms with van der Waals surface area (Å²) in [5.74, 6) is 0.0433. The number of anilines is 3. The number of benzene rings is 1. The summed E-state index contributed by atoms with van der Waals surface area (Å²) in [6.45, 7) is 0.502. The number of amides is 1. The number of nitrogens with zero attached hydrogens (tertiary/aromatic N) is 1. The van der Waals surface area contributed by atoms with E-state index in [0.29, 0.717) is 13.0 Å². The lowest BCUT2D eigenvalue weighted by Gasteiger charge is -2.04. The van der Waals surface area contributed by atoms with Gasteiger partial charge in [0.1, 0.15) is 0 Å². The minimum Gasteiger partial charge on any atom is -0.332 e. The van der Waals surface area contributed by atoms with Crippen LogP contribution in [0.5, 0.6) is 0 Å². The number of rotatable bonds is 3. The first kappa shape index (κ1) is 11.2. The van der Waals surface area contributed by atoms with E-state index in [9.17, 15) is 4.79 Å². The highest BCUT2D eigenvalue weighted by molar-refractivity contribution is 7.15. The molecule has 1 aromatic heterocycles. The first-order chi connectivity index (χ1) is 8.74. The van der Waals surface area contributed by atoms with Gasteiger partial charge in [-0.15, -0.1) is 11.3 Å². The molecule has 18 heavy (non-hydrogen) atoms. The lowest BCUT2D eigenvalue weighted by atomic mass is 10.1. The van der Waals surface area contributed by atoms with Crippen LogP contribution < -0.4 is 16.4 Å². The molecule has 0 spiro atoms. The second-order valence-electron chi connectivity index (χ2n) is 4.06. The van der Waals surface area contributed by atoms with Gasteiger partial charge in [-0.1, -0.05) is 0 Å². The molecule has 0 unspecified atom stereocenters. The third-order valence-electron chi connectivity index (χ3n) is 2.74.